The van der Waals surface area contributed by atoms with Crippen LogP contribution in [-0.2, 0) is 15.7 Å². The van der Waals surface area contributed by atoms with Gasteiger partial charge in [0.1, 0.15) is 5.69 Å². The predicted octanol–water partition coefficient (Wildman–Crippen LogP) is 2.05. The number of H-pyrrole nitrogens is 1. The Hall–Kier alpha value is -2.36. The van der Waals surface area contributed by atoms with Gasteiger partial charge in [0.25, 0.3) is 0 Å². The summed E-state index contributed by atoms with van der Waals surface area (Å²) in [4.78, 5) is 19.9. The molecule has 0 aromatic carbocycles. The molecule has 1 saturated heterocycles. The number of aromatic amines is 1. The summed E-state index contributed by atoms with van der Waals surface area (Å²) in [6.07, 6.45) is -4.24. The SMILES string of the molecule is COCCN1CC(c2nc(-c3ccc(C(F)(F)F)[nH]3)no2)CC1=O. The standard InChI is InChI=1S/C14H15F3N4O3/c1-23-5-4-21-7-8(6-11(21)22)13-19-12(20-24-13)9-2-3-10(18-9)14(15,16)17/h2-3,8,18H,4-7H2,1H3. The molecule has 0 saturated carbocycles. The van der Waals surface area contributed by atoms with Crippen LogP contribution in [0, 0.1) is 0 Å². The van der Waals surface area contributed by atoms with Crippen LogP contribution in [0.5, 0.6) is 0 Å². The Balaban J connectivity index is 1.72. The molecule has 2 aromatic heterocycles. The van der Waals surface area contributed by atoms with Crippen LogP contribution >= 0.6 is 0 Å². The number of hydrogen-bond donors (Lipinski definition) is 1. The van der Waals surface area contributed by atoms with Crippen LogP contribution in [0.4, 0.5) is 13.2 Å². The average Bonchev–Trinajstić information content (AvgIpc) is 3.23. The fourth-order valence-corrected chi connectivity index (χ4v) is 2.56. The normalized spacial score (nSPS) is 18.6. The largest absolute Gasteiger partial charge is 0.431 e. The molecule has 1 fully saturated rings. The minimum Gasteiger partial charge on any atom is -0.383 e. The summed E-state index contributed by atoms with van der Waals surface area (Å²) in [7, 11) is 1.55. The fraction of sp³-hybridized carbons (Fsp3) is 0.500. The molecule has 0 aliphatic carbocycles. The number of rotatable bonds is 5. The molecule has 7 nitrogen and oxygen atoms in total. The first-order valence-corrected chi connectivity index (χ1v) is 7.25. The topological polar surface area (TPSA) is 84.2 Å². The maximum atomic E-state index is 12.6. The maximum absolute atomic E-state index is 12.6. The van der Waals surface area contributed by atoms with Gasteiger partial charge in [0.15, 0.2) is 0 Å². The van der Waals surface area contributed by atoms with Crippen molar-refractivity contribution in [1.82, 2.24) is 20.0 Å². The van der Waals surface area contributed by atoms with E-state index in [4.69, 9.17) is 9.26 Å². The van der Waals surface area contributed by atoms with E-state index >= 15 is 0 Å². The number of alkyl halides is 3. The van der Waals surface area contributed by atoms with Crippen LogP contribution in [0.3, 0.4) is 0 Å². The molecule has 1 aliphatic heterocycles. The second-order valence-corrected chi connectivity index (χ2v) is 5.47. The average molecular weight is 344 g/mol. The Morgan fingerprint density at radius 2 is 2.25 bits per heavy atom. The highest BCUT2D eigenvalue weighted by molar-refractivity contribution is 5.79. The summed E-state index contributed by atoms with van der Waals surface area (Å²) >= 11 is 0. The Morgan fingerprint density at radius 3 is 2.92 bits per heavy atom. The quantitative estimate of drug-likeness (QED) is 0.897. The Bertz CT molecular complexity index is 725. The molecular weight excluding hydrogens is 329 g/mol. The van der Waals surface area contributed by atoms with Crippen molar-refractivity contribution >= 4 is 5.91 Å². The number of methoxy groups -OCH3 is 1. The Morgan fingerprint density at radius 1 is 1.46 bits per heavy atom. The summed E-state index contributed by atoms with van der Waals surface area (Å²) in [5, 5.41) is 3.70. The summed E-state index contributed by atoms with van der Waals surface area (Å²) in [6, 6.07) is 2.15. The van der Waals surface area contributed by atoms with Crippen LogP contribution < -0.4 is 0 Å². The van der Waals surface area contributed by atoms with E-state index in [-0.39, 0.29) is 35.7 Å². The van der Waals surface area contributed by atoms with E-state index in [1.54, 1.807) is 12.0 Å². The first-order chi connectivity index (χ1) is 11.4. The van der Waals surface area contributed by atoms with Gasteiger partial charge >= 0.3 is 6.18 Å². The molecule has 130 valence electrons. The first kappa shape index (κ1) is 16.5. The summed E-state index contributed by atoms with van der Waals surface area (Å²) in [5.74, 6) is -0.0478. The Kier molecular flexibility index (Phi) is 4.31. The number of aromatic nitrogens is 3. The van der Waals surface area contributed by atoms with Crippen LogP contribution in [0.15, 0.2) is 16.7 Å². The third kappa shape index (κ3) is 3.28. The summed E-state index contributed by atoms with van der Waals surface area (Å²) < 4.78 is 47.9. The van der Waals surface area contributed by atoms with Crippen LogP contribution in [0.2, 0.25) is 0 Å². The van der Waals surface area contributed by atoms with E-state index in [0.29, 0.717) is 19.7 Å². The molecule has 1 aliphatic rings. The zero-order valence-corrected chi connectivity index (χ0v) is 12.8. The zero-order valence-electron chi connectivity index (χ0n) is 12.8. The minimum atomic E-state index is -4.47. The fourth-order valence-electron chi connectivity index (χ4n) is 2.56. The van der Waals surface area contributed by atoms with E-state index < -0.39 is 11.9 Å². The lowest BCUT2D eigenvalue weighted by Gasteiger charge is -2.14. The van der Waals surface area contributed by atoms with Gasteiger partial charge in [-0.25, -0.2) is 0 Å². The third-order valence-electron chi connectivity index (χ3n) is 3.80. The molecule has 2 aromatic rings. The van der Waals surface area contributed by atoms with Gasteiger partial charge in [-0.2, -0.15) is 18.2 Å². The van der Waals surface area contributed by atoms with E-state index in [1.165, 1.54) is 6.07 Å². The second kappa shape index (κ2) is 6.27. The van der Waals surface area contributed by atoms with Crippen LogP contribution in [0.25, 0.3) is 11.5 Å². The molecule has 1 atom stereocenters. The van der Waals surface area contributed by atoms with Gasteiger partial charge in [-0.15, -0.1) is 0 Å². The highest BCUT2D eigenvalue weighted by Gasteiger charge is 2.35. The van der Waals surface area contributed by atoms with Crippen molar-refractivity contribution in [2.24, 2.45) is 0 Å². The number of nitrogens with one attached hydrogen (secondary N) is 1. The van der Waals surface area contributed by atoms with Gasteiger partial charge in [-0.05, 0) is 12.1 Å². The number of carbonyl (C=O) groups excluding carboxylic acids is 1. The lowest BCUT2D eigenvalue weighted by molar-refractivity contribution is -0.140. The predicted molar refractivity (Wildman–Crippen MR) is 74.9 cm³/mol. The van der Waals surface area contributed by atoms with Crippen molar-refractivity contribution in [3.63, 3.8) is 0 Å². The third-order valence-corrected chi connectivity index (χ3v) is 3.80. The number of halogens is 3. The molecule has 3 heterocycles. The van der Waals surface area contributed by atoms with Crippen LogP contribution in [-0.4, -0.2) is 52.7 Å². The molecule has 1 amide bonds. The van der Waals surface area contributed by atoms with E-state index in [2.05, 4.69) is 15.1 Å². The maximum Gasteiger partial charge on any atom is 0.431 e. The van der Waals surface area contributed by atoms with E-state index in [9.17, 15) is 18.0 Å². The highest BCUT2D eigenvalue weighted by atomic mass is 19.4. The van der Waals surface area contributed by atoms with Gasteiger partial charge < -0.3 is 19.1 Å². The lowest BCUT2D eigenvalue weighted by Crippen LogP contribution is -2.28. The van der Waals surface area contributed by atoms with Crippen molar-refractivity contribution in [2.45, 2.75) is 18.5 Å². The summed E-state index contributed by atoms with van der Waals surface area (Å²) in [5.41, 5.74) is -0.775. The monoisotopic (exact) mass is 344 g/mol. The van der Waals surface area contributed by atoms with Crippen molar-refractivity contribution < 1.29 is 27.2 Å². The molecular formula is C14H15F3N4O3. The molecule has 1 unspecified atom stereocenters. The van der Waals surface area contributed by atoms with Crippen molar-refractivity contribution in [2.75, 3.05) is 26.8 Å². The molecule has 24 heavy (non-hydrogen) atoms. The van der Waals surface area contributed by atoms with Crippen molar-refractivity contribution in [1.29, 1.82) is 0 Å². The minimum absolute atomic E-state index is 0.0308. The second-order valence-electron chi connectivity index (χ2n) is 5.47. The smallest absolute Gasteiger partial charge is 0.383 e. The Labute approximate surface area is 134 Å². The van der Waals surface area contributed by atoms with E-state index in [1.807, 2.05) is 0 Å². The number of ether oxygens (including phenoxy) is 1. The number of nitrogens with zero attached hydrogens (tertiary/aromatic N) is 3. The lowest BCUT2D eigenvalue weighted by atomic mass is 10.1. The molecule has 10 heteroatoms. The molecule has 0 spiro atoms. The number of hydrogen-bond acceptors (Lipinski definition) is 5. The molecule has 0 radical (unpaired) electrons. The summed E-state index contributed by atoms with van der Waals surface area (Å²) in [6.45, 7) is 1.32. The molecule has 0 bridgehead atoms. The van der Waals surface area contributed by atoms with Crippen LogP contribution in [0.1, 0.15) is 23.9 Å². The van der Waals surface area contributed by atoms with E-state index in [0.717, 1.165) is 6.07 Å². The molecule has 1 N–H and O–H groups in total. The van der Waals surface area contributed by atoms with Crippen molar-refractivity contribution in [3.05, 3.63) is 23.7 Å². The van der Waals surface area contributed by atoms with Gasteiger partial charge in [0.05, 0.1) is 18.2 Å². The van der Waals surface area contributed by atoms with Gasteiger partial charge in [0, 0.05) is 26.6 Å². The van der Waals surface area contributed by atoms with Gasteiger partial charge in [-0.1, -0.05) is 5.16 Å². The number of amides is 1. The van der Waals surface area contributed by atoms with Gasteiger partial charge in [-0.3, -0.25) is 4.79 Å². The number of likely N-dealkylation sites (tertiary alicyclic amines) is 1. The van der Waals surface area contributed by atoms with Gasteiger partial charge in [0.2, 0.25) is 17.6 Å². The highest BCUT2D eigenvalue weighted by Crippen LogP contribution is 2.31. The zero-order chi connectivity index (χ0) is 17.3. The first-order valence-electron chi connectivity index (χ1n) is 7.25. The van der Waals surface area contributed by atoms with Crippen molar-refractivity contribution in [3.8, 4) is 11.5 Å². The molecule has 3 rings (SSSR count). The number of carbonyl (C=O) groups is 1.